The van der Waals surface area contributed by atoms with Gasteiger partial charge in [-0.05, 0) is 0 Å². The molecule has 0 radical (unpaired) electrons. The highest BCUT2D eigenvalue weighted by Gasteiger charge is 2.34. The van der Waals surface area contributed by atoms with Crippen molar-refractivity contribution in [2.75, 3.05) is 0 Å². The van der Waals surface area contributed by atoms with Crippen LogP contribution in [0, 0.1) is 0 Å². The third-order valence-electron chi connectivity index (χ3n) is 1.45. The van der Waals surface area contributed by atoms with Gasteiger partial charge in [-0.25, -0.2) is 0 Å². The molecule has 0 nitrogen and oxygen atoms in total. The Morgan fingerprint density at radius 1 is 1.08 bits per heavy atom. The predicted molar refractivity (Wildman–Crippen MR) is 44.1 cm³/mol. The summed E-state index contributed by atoms with van der Waals surface area (Å²) in [6.07, 6.45) is 0. The summed E-state index contributed by atoms with van der Waals surface area (Å²) in [4.78, 5) is 0. The van der Waals surface area contributed by atoms with E-state index in [9.17, 15) is 12.9 Å². The number of rotatable bonds is 2. The fourth-order valence-electron chi connectivity index (χ4n) is 0.855. The molecule has 1 rings (SSSR count). The average molecular weight is 193 g/mol. The molecule has 0 aliphatic carbocycles. The molecule has 0 fully saturated rings. The molecule has 66 valence electrons. The van der Waals surface area contributed by atoms with Crippen molar-refractivity contribution in [1.29, 1.82) is 0 Å². The van der Waals surface area contributed by atoms with Gasteiger partial charge in [0.25, 0.3) is 0 Å². The molecule has 0 N–H and O–H groups in total. The van der Waals surface area contributed by atoms with Crippen LogP contribution in [0.5, 0.6) is 0 Å². The van der Waals surface area contributed by atoms with Crippen molar-refractivity contribution < 1.29 is 12.9 Å². The Labute approximate surface area is 73.4 Å². The lowest BCUT2D eigenvalue weighted by Crippen LogP contribution is -2.22. The standard InChI is InChI=1S/C7H6BClF3/c9-7(8(10,11)12)6-4-2-1-3-5-6/h1-5,7H/q-1/t7-/m1/s1. The summed E-state index contributed by atoms with van der Waals surface area (Å²) in [6.45, 7) is -4.99. The molecule has 12 heavy (non-hydrogen) atoms. The SMILES string of the molecule is F[B-](F)(F)[C@H](Cl)c1ccccc1. The van der Waals surface area contributed by atoms with E-state index in [1.807, 2.05) is 0 Å². The molecule has 0 unspecified atom stereocenters. The molecule has 0 amide bonds. The maximum atomic E-state index is 12.1. The lowest BCUT2D eigenvalue weighted by Gasteiger charge is -2.20. The second kappa shape index (κ2) is 3.39. The second-order valence-corrected chi connectivity index (χ2v) is 2.91. The fourth-order valence-corrected chi connectivity index (χ4v) is 1.00. The van der Waals surface area contributed by atoms with Gasteiger partial charge < -0.3 is 12.9 Å². The fraction of sp³-hybridized carbons (Fsp3) is 0.143. The van der Waals surface area contributed by atoms with Gasteiger partial charge in [0.2, 0.25) is 0 Å². The number of hydrogen-bond acceptors (Lipinski definition) is 0. The molecular weight excluding hydrogens is 187 g/mol. The Hall–Kier alpha value is -0.635. The van der Waals surface area contributed by atoms with Gasteiger partial charge >= 0.3 is 6.98 Å². The van der Waals surface area contributed by atoms with Crippen LogP contribution < -0.4 is 0 Å². The quantitative estimate of drug-likeness (QED) is 0.499. The largest absolute Gasteiger partial charge is 0.500 e. The molecule has 0 saturated carbocycles. The van der Waals surface area contributed by atoms with Gasteiger partial charge in [0.15, 0.2) is 0 Å². The van der Waals surface area contributed by atoms with Gasteiger partial charge in [-0.2, -0.15) is 11.6 Å². The summed E-state index contributed by atoms with van der Waals surface area (Å²) in [5.74, 6) is 0. The molecule has 0 heterocycles. The Morgan fingerprint density at radius 2 is 1.58 bits per heavy atom. The molecule has 0 bridgehead atoms. The maximum Gasteiger partial charge on any atom is 0.500 e. The van der Waals surface area contributed by atoms with Crippen LogP contribution in [0.25, 0.3) is 0 Å². The minimum atomic E-state index is -4.99. The normalized spacial score (nSPS) is 14.3. The van der Waals surface area contributed by atoms with Crippen LogP contribution >= 0.6 is 11.6 Å². The van der Waals surface area contributed by atoms with Gasteiger partial charge in [-0.15, -0.1) is 0 Å². The van der Waals surface area contributed by atoms with E-state index in [2.05, 4.69) is 0 Å². The Kier molecular flexibility index (Phi) is 2.67. The number of alkyl halides is 1. The number of benzene rings is 1. The van der Waals surface area contributed by atoms with E-state index >= 15 is 0 Å². The zero-order valence-electron chi connectivity index (χ0n) is 6.05. The molecule has 0 saturated heterocycles. The van der Waals surface area contributed by atoms with E-state index in [4.69, 9.17) is 11.6 Å². The van der Waals surface area contributed by atoms with E-state index in [-0.39, 0.29) is 5.56 Å². The van der Waals surface area contributed by atoms with E-state index in [1.54, 1.807) is 6.07 Å². The summed E-state index contributed by atoms with van der Waals surface area (Å²) < 4.78 is 36.2. The number of hydrogen-bond donors (Lipinski definition) is 0. The summed E-state index contributed by atoms with van der Waals surface area (Å²) in [5, 5.41) is -1.84. The van der Waals surface area contributed by atoms with Gasteiger partial charge in [-0.1, -0.05) is 35.9 Å². The first-order valence-corrected chi connectivity index (χ1v) is 3.84. The smallest absolute Gasteiger partial charge is 0.448 e. The van der Waals surface area contributed by atoms with Crippen molar-refractivity contribution in [1.82, 2.24) is 0 Å². The third-order valence-corrected chi connectivity index (χ3v) is 1.99. The van der Waals surface area contributed by atoms with Crippen molar-refractivity contribution in [3.63, 3.8) is 0 Å². The molecule has 1 atom stereocenters. The van der Waals surface area contributed by atoms with Crippen molar-refractivity contribution in [2.24, 2.45) is 0 Å². The van der Waals surface area contributed by atoms with Crippen LogP contribution in [0.4, 0.5) is 12.9 Å². The van der Waals surface area contributed by atoms with Crippen LogP contribution in [0.1, 0.15) is 10.8 Å². The molecule has 0 spiro atoms. The van der Waals surface area contributed by atoms with E-state index in [0.29, 0.717) is 0 Å². The molecule has 0 aliphatic rings. The van der Waals surface area contributed by atoms with Crippen LogP contribution in [-0.2, 0) is 0 Å². The predicted octanol–water partition coefficient (Wildman–Crippen LogP) is 3.35. The van der Waals surface area contributed by atoms with Crippen LogP contribution in [0.2, 0.25) is 0 Å². The van der Waals surface area contributed by atoms with Crippen LogP contribution in [0.15, 0.2) is 30.3 Å². The van der Waals surface area contributed by atoms with Crippen molar-refractivity contribution in [3.8, 4) is 0 Å². The van der Waals surface area contributed by atoms with Crippen LogP contribution in [0.3, 0.4) is 0 Å². The van der Waals surface area contributed by atoms with Crippen LogP contribution in [-0.4, -0.2) is 6.98 Å². The minimum absolute atomic E-state index is 0.103. The van der Waals surface area contributed by atoms with Gasteiger partial charge in [0.1, 0.15) is 0 Å². The summed E-state index contributed by atoms with van der Waals surface area (Å²) in [5.41, 5.74) is 0.103. The van der Waals surface area contributed by atoms with Gasteiger partial charge in [0.05, 0.1) is 0 Å². The van der Waals surface area contributed by atoms with E-state index in [0.717, 1.165) is 0 Å². The highest BCUT2D eigenvalue weighted by Crippen LogP contribution is 2.33. The van der Waals surface area contributed by atoms with Crippen molar-refractivity contribution >= 4 is 18.6 Å². The zero-order valence-corrected chi connectivity index (χ0v) is 6.81. The first-order valence-electron chi connectivity index (χ1n) is 3.41. The van der Waals surface area contributed by atoms with E-state index in [1.165, 1.54) is 24.3 Å². The average Bonchev–Trinajstić information content (AvgIpc) is 2.03. The Bertz CT molecular complexity index is 247. The molecule has 5 heteroatoms. The van der Waals surface area contributed by atoms with Crippen molar-refractivity contribution in [2.45, 2.75) is 5.28 Å². The summed E-state index contributed by atoms with van der Waals surface area (Å²) in [6, 6.07) is 7.45. The molecule has 1 aromatic rings. The highest BCUT2D eigenvalue weighted by atomic mass is 35.5. The molecule has 0 aromatic heterocycles. The second-order valence-electron chi connectivity index (χ2n) is 2.44. The van der Waals surface area contributed by atoms with Crippen molar-refractivity contribution in [3.05, 3.63) is 35.9 Å². The topological polar surface area (TPSA) is 0 Å². The summed E-state index contributed by atoms with van der Waals surface area (Å²) >= 11 is 5.19. The number of halogens is 4. The molecule has 1 aromatic carbocycles. The summed E-state index contributed by atoms with van der Waals surface area (Å²) in [7, 11) is 0. The minimum Gasteiger partial charge on any atom is -0.448 e. The maximum absolute atomic E-state index is 12.1. The lowest BCUT2D eigenvalue weighted by molar-refractivity contribution is 0.464. The van der Waals surface area contributed by atoms with E-state index < -0.39 is 12.3 Å². The lowest BCUT2D eigenvalue weighted by atomic mass is 9.81. The zero-order chi connectivity index (χ0) is 9.19. The first-order chi connectivity index (χ1) is 5.52. The first kappa shape index (κ1) is 9.45. The van der Waals surface area contributed by atoms with Gasteiger partial charge in [-0.3, -0.25) is 0 Å². The monoisotopic (exact) mass is 193 g/mol. The van der Waals surface area contributed by atoms with Gasteiger partial charge in [0, 0.05) is 5.28 Å². The molecule has 0 aliphatic heterocycles. The Balaban J connectivity index is 2.86. The highest BCUT2D eigenvalue weighted by molar-refractivity contribution is 6.69. The Morgan fingerprint density at radius 3 is 2.00 bits per heavy atom. The third kappa shape index (κ3) is 2.17. The molecular formula is C7H6BClF3-.